The maximum Gasteiger partial charge on any atom is 0.251 e. The number of hydrogen-bond acceptors (Lipinski definition) is 2. The highest BCUT2D eigenvalue weighted by molar-refractivity contribution is 5.97. The van der Waals surface area contributed by atoms with Crippen molar-refractivity contribution < 1.29 is 4.79 Å². The summed E-state index contributed by atoms with van der Waals surface area (Å²) in [7, 11) is 0. The Balaban J connectivity index is 1.66. The van der Waals surface area contributed by atoms with Gasteiger partial charge in [-0.3, -0.25) is 4.79 Å². The SMILES string of the molecule is CCCC1(CNC(=O)c2ccc3nc[nH]c3c2)CC1. The highest BCUT2D eigenvalue weighted by Crippen LogP contribution is 2.48. The van der Waals surface area contributed by atoms with E-state index < -0.39 is 0 Å². The Morgan fingerprint density at radius 2 is 2.32 bits per heavy atom. The summed E-state index contributed by atoms with van der Waals surface area (Å²) in [5.74, 6) is 0.0129. The second-order valence-corrected chi connectivity index (χ2v) is 5.57. The fraction of sp³-hybridized carbons (Fsp3) is 0.467. The minimum absolute atomic E-state index is 0.0129. The molecule has 2 aromatic rings. The summed E-state index contributed by atoms with van der Waals surface area (Å²) in [5, 5.41) is 3.07. The average molecular weight is 257 g/mol. The zero-order valence-corrected chi connectivity index (χ0v) is 11.2. The van der Waals surface area contributed by atoms with E-state index in [4.69, 9.17) is 0 Å². The minimum Gasteiger partial charge on any atom is -0.351 e. The van der Waals surface area contributed by atoms with Gasteiger partial charge in [-0.25, -0.2) is 4.98 Å². The van der Waals surface area contributed by atoms with Crippen LogP contribution < -0.4 is 5.32 Å². The Bertz CT molecular complexity index is 598. The molecule has 1 heterocycles. The van der Waals surface area contributed by atoms with E-state index in [1.807, 2.05) is 18.2 Å². The van der Waals surface area contributed by atoms with Crippen molar-refractivity contribution in [3.8, 4) is 0 Å². The van der Waals surface area contributed by atoms with Gasteiger partial charge in [-0.15, -0.1) is 0 Å². The Morgan fingerprint density at radius 3 is 3.05 bits per heavy atom. The molecular weight excluding hydrogens is 238 g/mol. The number of carbonyl (C=O) groups is 1. The van der Waals surface area contributed by atoms with Crippen LogP contribution in [0.25, 0.3) is 11.0 Å². The molecule has 1 aromatic carbocycles. The second-order valence-electron chi connectivity index (χ2n) is 5.57. The number of H-pyrrole nitrogens is 1. The van der Waals surface area contributed by atoms with E-state index in [0.29, 0.717) is 11.0 Å². The van der Waals surface area contributed by atoms with Gasteiger partial charge in [0.1, 0.15) is 0 Å². The second kappa shape index (κ2) is 4.68. The third-order valence-corrected chi connectivity index (χ3v) is 4.04. The Labute approximate surface area is 112 Å². The van der Waals surface area contributed by atoms with Gasteiger partial charge < -0.3 is 10.3 Å². The van der Waals surface area contributed by atoms with Gasteiger partial charge in [0.05, 0.1) is 17.4 Å². The molecule has 19 heavy (non-hydrogen) atoms. The van der Waals surface area contributed by atoms with Gasteiger partial charge in [-0.2, -0.15) is 0 Å². The minimum atomic E-state index is 0.0129. The lowest BCUT2D eigenvalue weighted by Gasteiger charge is -2.14. The molecule has 1 amide bonds. The molecule has 1 aromatic heterocycles. The molecule has 0 unspecified atom stereocenters. The predicted molar refractivity (Wildman–Crippen MR) is 75.0 cm³/mol. The summed E-state index contributed by atoms with van der Waals surface area (Å²) >= 11 is 0. The molecule has 0 aliphatic heterocycles. The number of aromatic nitrogens is 2. The highest BCUT2D eigenvalue weighted by atomic mass is 16.1. The fourth-order valence-electron chi connectivity index (χ4n) is 2.67. The quantitative estimate of drug-likeness (QED) is 0.865. The maximum atomic E-state index is 12.1. The third-order valence-electron chi connectivity index (χ3n) is 4.04. The van der Waals surface area contributed by atoms with E-state index in [1.165, 1.54) is 25.7 Å². The Morgan fingerprint density at radius 1 is 1.47 bits per heavy atom. The van der Waals surface area contributed by atoms with Crippen LogP contribution in [0.1, 0.15) is 43.0 Å². The molecule has 1 aliphatic rings. The first-order valence-corrected chi connectivity index (χ1v) is 6.94. The van der Waals surface area contributed by atoms with Crippen molar-refractivity contribution >= 4 is 16.9 Å². The number of benzene rings is 1. The summed E-state index contributed by atoms with van der Waals surface area (Å²) in [6.07, 6.45) is 6.55. The van der Waals surface area contributed by atoms with E-state index in [1.54, 1.807) is 6.33 Å². The monoisotopic (exact) mass is 257 g/mol. The van der Waals surface area contributed by atoms with Crippen molar-refractivity contribution in [3.05, 3.63) is 30.1 Å². The number of carbonyl (C=O) groups excluding carboxylic acids is 1. The Kier molecular flexibility index (Phi) is 3.01. The number of amides is 1. The van der Waals surface area contributed by atoms with Gasteiger partial charge in [0.25, 0.3) is 5.91 Å². The van der Waals surface area contributed by atoms with E-state index in [-0.39, 0.29) is 5.91 Å². The molecule has 0 saturated heterocycles. The van der Waals surface area contributed by atoms with Gasteiger partial charge in [-0.05, 0) is 42.9 Å². The fourth-order valence-corrected chi connectivity index (χ4v) is 2.67. The lowest BCUT2D eigenvalue weighted by molar-refractivity contribution is 0.0944. The Hall–Kier alpha value is -1.84. The first-order valence-electron chi connectivity index (χ1n) is 6.94. The molecule has 4 nitrogen and oxygen atoms in total. The van der Waals surface area contributed by atoms with Crippen molar-refractivity contribution in [3.63, 3.8) is 0 Å². The van der Waals surface area contributed by atoms with E-state index in [0.717, 1.165) is 17.6 Å². The number of hydrogen-bond donors (Lipinski definition) is 2. The zero-order chi connectivity index (χ0) is 13.3. The number of rotatable bonds is 5. The molecule has 4 heteroatoms. The van der Waals surface area contributed by atoms with Crippen LogP contribution >= 0.6 is 0 Å². The van der Waals surface area contributed by atoms with E-state index in [9.17, 15) is 4.79 Å². The highest BCUT2D eigenvalue weighted by Gasteiger charge is 2.41. The lowest BCUT2D eigenvalue weighted by Crippen LogP contribution is -2.30. The molecule has 3 rings (SSSR count). The van der Waals surface area contributed by atoms with Crippen molar-refractivity contribution in [1.82, 2.24) is 15.3 Å². The van der Waals surface area contributed by atoms with Crippen LogP contribution in [0.5, 0.6) is 0 Å². The number of nitrogens with one attached hydrogen (secondary N) is 2. The molecule has 100 valence electrons. The van der Waals surface area contributed by atoms with Gasteiger partial charge in [0, 0.05) is 12.1 Å². The summed E-state index contributed by atoms with van der Waals surface area (Å²) in [4.78, 5) is 19.3. The van der Waals surface area contributed by atoms with Gasteiger partial charge >= 0.3 is 0 Å². The summed E-state index contributed by atoms with van der Waals surface area (Å²) in [6.45, 7) is 3.01. The average Bonchev–Trinajstić information content (AvgIpc) is 3.02. The van der Waals surface area contributed by atoms with Crippen molar-refractivity contribution in [2.45, 2.75) is 32.6 Å². The smallest absolute Gasteiger partial charge is 0.251 e. The maximum absolute atomic E-state index is 12.1. The standard InChI is InChI=1S/C15H19N3O/c1-2-5-15(6-7-15)9-16-14(19)11-3-4-12-13(8-11)18-10-17-12/h3-4,8,10H,2,5-7,9H2,1H3,(H,16,19)(H,17,18). The van der Waals surface area contributed by atoms with Gasteiger partial charge in [0.15, 0.2) is 0 Å². The normalized spacial score (nSPS) is 16.5. The number of nitrogens with zero attached hydrogens (tertiary/aromatic N) is 1. The number of fused-ring (bicyclic) bond motifs is 1. The van der Waals surface area contributed by atoms with Gasteiger partial charge in [0.2, 0.25) is 0 Å². The van der Waals surface area contributed by atoms with Crippen molar-refractivity contribution in [2.24, 2.45) is 5.41 Å². The molecule has 1 fully saturated rings. The van der Waals surface area contributed by atoms with Crippen LogP contribution in [0.15, 0.2) is 24.5 Å². The summed E-state index contributed by atoms with van der Waals surface area (Å²) in [5.41, 5.74) is 2.88. The van der Waals surface area contributed by atoms with Gasteiger partial charge in [-0.1, -0.05) is 13.3 Å². The molecule has 0 bridgehead atoms. The van der Waals surface area contributed by atoms with E-state index in [2.05, 4.69) is 22.2 Å². The van der Waals surface area contributed by atoms with Crippen molar-refractivity contribution in [1.29, 1.82) is 0 Å². The van der Waals surface area contributed by atoms with Crippen LogP contribution in [-0.4, -0.2) is 22.4 Å². The predicted octanol–water partition coefficient (Wildman–Crippen LogP) is 2.87. The first kappa shape index (κ1) is 12.2. The summed E-state index contributed by atoms with van der Waals surface area (Å²) in [6, 6.07) is 5.56. The molecule has 2 N–H and O–H groups in total. The molecule has 1 aliphatic carbocycles. The van der Waals surface area contributed by atoms with Crippen molar-refractivity contribution in [2.75, 3.05) is 6.54 Å². The van der Waals surface area contributed by atoms with Crippen LogP contribution in [0, 0.1) is 5.41 Å². The number of aromatic amines is 1. The van der Waals surface area contributed by atoms with Crippen LogP contribution in [0.4, 0.5) is 0 Å². The number of imidazole rings is 1. The zero-order valence-electron chi connectivity index (χ0n) is 11.2. The molecular formula is C15H19N3O. The molecule has 0 radical (unpaired) electrons. The topological polar surface area (TPSA) is 57.8 Å². The van der Waals surface area contributed by atoms with Crippen LogP contribution in [0.2, 0.25) is 0 Å². The van der Waals surface area contributed by atoms with E-state index >= 15 is 0 Å². The third kappa shape index (κ3) is 2.48. The lowest BCUT2D eigenvalue weighted by atomic mass is 10.0. The molecule has 0 spiro atoms. The van der Waals surface area contributed by atoms with Crippen LogP contribution in [0.3, 0.4) is 0 Å². The first-order chi connectivity index (χ1) is 9.22. The largest absolute Gasteiger partial charge is 0.351 e. The van der Waals surface area contributed by atoms with Crippen LogP contribution in [-0.2, 0) is 0 Å². The molecule has 0 atom stereocenters. The molecule has 1 saturated carbocycles. The summed E-state index contributed by atoms with van der Waals surface area (Å²) < 4.78 is 0.